The van der Waals surface area contributed by atoms with Gasteiger partial charge in [-0.15, -0.1) is 0 Å². The zero-order valence-corrected chi connectivity index (χ0v) is 16.7. The quantitative estimate of drug-likeness (QED) is 0.583. The Balaban J connectivity index is 1.58. The van der Waals surface area contributed by atoms with Gasteiger partial charge >= 0.3 is 0 Å². The van der Waals surface area contributed by atoms with Crippen LogP contribution in [0.25, 0.3) is 0 Å². The van der Waals surface area contributed by atoms with Crippen molar-refractivity contribution in [3.63, 3.8) is 0 Å². The van der Waals surface area contributed by atoms with Crippen LogP contribution in [-0.4, -0.2) is 21.7 Å². The monoisotopic (exact) mass is 396 g/mol. The normalized spacial score (nSPS) is 11.9. The topological polar surface area (TPSA) is 68.2 Å². The van der Waals surface area contributed by atoms with Crippen molar-refractivity contribution in [2.45, 2.75) is 39.5 Å². The average molecular weight is 396 g/mol. The van der Waals surface area contributed by atoms with E-state index in [4.69, 9.17) is 4.74 Å². The van der Waals surface area contributed by atoms with Crippen LogP contribution in [-0.2, 0) is 11.4 Å². The zero-order chi connectivity index (χ0) is 20.8. The first kappa shape index (κ1) is 20.4. The van der Waals surface area contributed by atoms with Gasteiger partial charge in [0.1, 0.15) is 30.0 Å². The highest BCUT2D eigenvalue weighted by Gasteiger charge is 2.16. The molecule has 0 spiro atoms. The molecule has 0 saturated heterocycles. The van der Waals surface area contributed by atoms with Crippen molar-refractivity contribution < 1.29 is 13.9 Å². The van der Waals surface area contributed by atoms with Crippen LogP contribution < -0.4 is 15.4 Å². The SMILES string of the molecule is CC(Nc1cccc(COc2cccc(F)c2)c1)C(=O)Nc1ccnn1C(C)C. The molecule has 3 aromatic rings. The van der Waals surface area contributed by atoms with Gasteiger partial charge in [0.15, 0.2) is 0 Å². The minimum atomic E-state index is -0.454. The molecule has 2 N–H and O–H groups in total. The number of carbonyl (C=O) groups is 1. The van der Waals surface area contributed by atoms with Gasteiger partial charge in [-0.1, -0.05) is 18.2 Å². The Morgan fingerprint density at radius 3 is 2.69 bits per heavy atom. The number of carbonyl (C=O) groups excluding carboxylic acids is 1. The molecule has 0 aliphatic rings. The first-order valence-corrected chi connectivity index (χ1v) is 9.50. The predicted octanol–water partition coefficient (Wildman–Crippen LogP) is 4.62. The van der Waals surface area contributed by atoms with Crippen LogP contribution >= 0.6 is 0 Å². The van der Waals surface area contributed by atoms with Crippen molar-refractivity contribution in [3.05, 3.63) is 72.2 Å². The van der Waals surface area contributed by atoms with Gasteiger partial charge in [-0.05, 0) is 50.6 Å². The Morgan fingerprint density at radius 2 is 1.93 bits per heavy atom. The highest BCUT2D eigenvalue weighted by molar-refractivity contribution is 5.95. The lowest BCUT2D eigenvalue weighted by Gasteiger charge is -2.17. The molecule has 0 saturated carbocycles. The first-order chi connectivity index (χ1) is 13.9. The zero-order valence-electron chi connectivity index (χ0n) is 16.7. The van der Waals surface area contributed by atoms with Crippen LogP contribution in [0.5, 0.6) is 5.75 Å². The summed E-state index contributed by atoms with van der Waals surface area (Å²) in [5.74, 6) is 0.638. The van der Waals surface area contributed by atoms with E-state index in [1.807, 2.05) is 38.1 Å². The predicted molar refractivity (Wildman–Crippen MR) is 112 cm³/mol. The van der Waals surface area contributed by atoms with Gasteiger partial charge in [0.05, 0.1) is 6.20 Å². The largest absolute Gasteiger partial charge is 0.489 e. The summed E-state index contributed by atoms with van der Waals surface area (Å²) in [7, 11) is 0. The molecule has 1 atom stereocenters. The summed E-state index contributed by atoms with van der Waals surface area (Å²) in [5.41, 5.74) is 1.70. The molecule has 152 valence electrons. The van der Waals surface area contributed by atoms with E-state index < -0.39 is 6.04 Å². The van der Waals surface area contributed by atoms with Crippen molar-refractivity contribution in [3.8, 4) is 5.75 Å². The second-order valence-electron chi connectivity index (χ2n) is 7.06. The van der Waals surface area contributed by atoms with E-state index in [1.54, 1.807) is 36.0 Å². The molecule has 1 aromatic heterocycles. The molecule has 1 unspecified atom stereocenters. The number of ether oxygens (including phenoxy) is 1. The average Bonchev–Trinajstić information content (AvgIpc) is 3.15. The molecule has 0 aliphatic carbocycles. The smallest absolute Gasteiger partial charge is 0.247 e. The highest BCUT2D eigenvalue weighted by atomic mass is 19.1. The lowest BCUT2D eigenvalue weighted by atomic mass is 10.2. The van der Waals surface area contributed by atoms with Crippen molar-refractivity contribution >= 4 is 17.4 Å². The van der Waals surface area contributed by atoms with Crippen LogP contribution in [0.2, 0.25) is 0 Å². The summed E-state index contributed by atoms with van der Waals surface area (Å²) in [4.78, 5) is 12.5. The van der Waals surface area contributed by atoms with Crippen molar-refractivity contribution in [2.75, 3.05) is 10.6 Å². The Bertz CT molecular complexity index is 971. The lowest BCUT2D eigenvalue weighted by Crippen LogP contribution is -2.32. The number of nitrogens with one attached hydrogen (secondary N) is 2. The van der Waals surface area contributed by atoms with Crippen LogP contribution in [0.1, 0.15) is 32.4 Å². The summed E-state index contributed by atoms with van der Waals surface area (Å²) in [6, 6.07) is 15.1. The van der Waals surface area contributed by atoms with Gasteiger partial charge in [-0.3, -0.25) is 4.79 Å². The maximum absolute atomic E-state index is 13.2. The molecule has 29 heavy (non-hydrogen) atoms. The molecule has 0 fully saturated rings. The number of halogens is 1. The number of hydrogen-bond donors (Lipinski definition) is 2. The molecule has 1 amide bonds. The molecule has 0 radical (unpaired) electrons. The molecule has 0 aliphatic heterocycles. The van der Waals surface area contributed by atoms with Crippen LogP contribution in [0.15, 0.2) is 60.8 Å². The maximum Gasteiger partial charge on any atom is 0.247 e. The van der Waals surface area contributed by atoms with Crippen molar-refractivity contribution in [1.29, 1.82) is 0 Å². The second kappa shape index (κ2) is 9.23. The third kappa shape index (κ3) is 5.57. The van der Waals surface area contributed by atoms with E-state index in [2.05, 4.69) is 15.7 Å². The number of hydrogen-bond acceptors (Lipinski definition) is 4. The minimum absolute atomic E-state index is 0.151. The third-order valence-corrected chi connectivity index (χ3v) is 4.32. The van der Waals surface area contributed by atoms with Gasteiger partial charge in [0.25, 0.3) is 0 Å². The molecule has 6 nitrogen and oxygen atoms in total. The van der Waals surface area contributed by atoms with Crippen LogP contribution in [0.3, 0.4) is 0 Å². The molecule has 0 bridgehead atoms. The van der Waals surface area contributed by atoms with Crippen molar-refractivity contribution in [2.24, 2.45) is 0 Å². The Hall–Kier alpha value is -3.35. The summed E-state index contributed by atoms with van der Waals surface area (Å²) < 4.78 is 20.6. The Morgan fingerprint density at radius 1 is 1.14 bits per heavy atom. The fraction of sp³-hybridized carbons (Fsp3) is 0.273. The van der Waals surface area contributed by atoms with Crippen molar-refractivity contribution in [1.82, 2.24) is 9.78 Å². The summed E-state index contributed by atoms with van der Waals surface area (Å²) in [6.45, 7) is 6.10. The van der Waals surface area contributed by atoms with Gasteiger partial charge in [0, 0.05) is 23.9 Å². The summed E-state index contributed by atoms with van der Waals surface area (Å²) in [5, 5.41) is 10.3. The number of amides is 1. The standard InChI is InChI=1S/C22H25FN4O2/c1-15(2)27-21(10-11-24-27)26-22(28)16(3)25-19-8-4-6-17(12-19)14-29-20-9-5-7-18(23)13-20/h4-13,15-16,25H,14H2,1-3H3,(H,26,28). The van der Waals surface area contributed by atoms with Gasteiger partial charge < -0.3 is 15.4 Å². The van der Waals surface area contributed by atoms with E-state index in [-0.39, 0.29) is 17.8 Å². The Kier molecular flexibility index (Phi) is 6.49. The molecular formula is C22H25FN4O2. The molecule has 2 aromatic carbocycles. The van der Waals surface area contributed by atoms with E-state index in [0.29, 0.717) is 18.2 Å². The fourth-order valence-electron chi connectivity index (χ4n) is 2.85. The number of aromatic nitrogens is 2. The minimum Gasteiger partial charge on any atom is -0.489 e. The highest BCUT2D eigenvalue weighted by Crippen LogP contribution is 2.18. The second-order valence-corrected chi connectivity index (χ2v) is 7.06. The number of anilines is 2. The lowest BCUT2D eigenvalue weighted by molar-refractivity contribution is -0.116. The third-order valence-electron chi connectivity index (χ3n) is 4.32. The van der Waals surface area contributed by atoms with Gasteiger partial charge in [0.2, 0.25) is 5.91 Å². The fourth-order valence-corrected chi connectivity index (χ4v) is 2.85. The number of nitrogens with zero attached hydrogens (tertiary/aromatic N) is 2. The number of rotatable bonds is 8. The summed E-state index contributed by atoms with van der Waals surface area (Å²) in [6.07, 6.45) is 1.66. The van der Waals surface area contributed by atoms with Gasteiger partial charge in [-0.2, -0.15) is 5.10 Å². The Labute approximate surface area is 169 Å². The first-order valence-electron chi connectivity index (χ1n) is 9.50. The van der Waals surface area contributed by atoms with Crippen LogP contribution in [0.4, 0.5) is 15.9 Å². The van der Waals surface area contributed by atoms with E-state index >= 15 is 0 Å². The molecule has 3 rings (SSSR count). The molecule has 1 heterocycles. The van der Waals surface area contributed by atoms with E-state index in [1.165, 1.54) is 12.1 Å². The van der Waals surface area contributed by atoms with E-state index in [0.717, 1.165) is 11.3 Å². The number of benzene rings is 2. The van der Waals surface area contributed by atoms with E-state index in [9.17, 15) is 9.18 Å². The van der Waals surface area contributed by atoms with Gasteiger partial charge in [-0.25, -0.2) is 9.07 Å². The maximum atomic E-state index is 13.2. The molecule has 7 heteroatoms. The molecular weight excluding hydrogens is 371 g/mol. The summed E-state index contributed by atoms with van der Waals surface area (Å²) >= 11 is 0. The van der Waals surface area contributed by atoms with Crippen LogP contribution in [0, 0.1) is 5.82 Å².